The third kappa shape index (κ3) is 5.31. The monoisotopic (exact) mass is 465 g/mol. The largest absolute Gasteiger partial charge is 0.454 e. The number of hydrogen-bond acceptors (Lipinski definition) is 7. The lowest BCUT2D eigenvalue weighted by Gasteiger charge is -2.26. The predicted molar refractivity (Wildman–Crippen MR) is 126 cm³/mol. The van der Waals surface area contributed by atoms with Gasteiger partial charge in [0.25, 0.3) is 0 Å². The average Bonchev–Trinajstić information content (AvgIpc) is 3.49. The highest BCUT2D eigenvalue weighted by Crippen LogP contribution is 2.32. The van der Waals surface area contributed by atoms with E-state index in [-0.39, 0.29) is 18.5 Å². The van der Waals surface area contributed by atoms with E-state index in [1.54, 1.807) is 0 Å². The Kier molecular flexibility index (Phi) is 6.78. The summed E-state index contributed by atoms with van der Waals surface area (Å²) in [5, 5.41) is 12.6. The number of rotatable bonds is 8. The van der Waals surface area contributed by atoms with E-state index in [0.29, 0.717) is 12.3 Å². The number of fused-ring (bicyclic) bond motifs is 1. The summed E-state index contributed by atoms with van der Waals surface area (Å²) < 4.78 is 12.8. The summed E-state index contributed by atoms with van der Waals surface area (Å²) in [7, 11) is 0. The van der Waals surface area contributed by atoms with Crippen LogP contribution in [0.2, 0.25) is 0 Å². The van der Waals surface area contributed by atoms with Crippen LogP contribution in [0.3, 0.4) is 0 Å². The van der Waals surface area contributed by atoms with Gasteiger partial charge in [0.05, 0.1) is 12.3 Å². The van der Waals surface area contributed by atoms with Crippen molar-refractivity contribution in [3.63, 3.8) is 0 Å². The van der Waals surface area contributed by atoms with Gasteiger partial charge in [-0.2, -0.15) is 0 Å². The van der Waals surface area contributed by atoms with E-state index in [4.69, 9.17) is 9.47 Å². The van der Waals surface area contributed by atoms with E-state index in [1.807, 2.05) is 48.5 Å². The highest BCUT2D eigenvalue weighted by molar-refractivity contribution is 7.99. The Morgan fingerprint density at radius 2 is 1.82 bits per heavy atom. The molecule has 3 heterocycles. The first-order valence-corrected chi connectivity index (χ1v) is 12.2. The average molecular weight is 466 g/mol. The summed E-state index contributed by atoms with van der Waals surface area (Å²) in [4.78, 5) is 15.0. The standard InChI is InChI=1S/C24H27N5O3S/c30-23(25-14-18-9-10-20-21(13-18)32-17-31-20)16-33-24-27-26-22(15-28-11-5-2-6-12-28)29(24)19-7-3-1-4-8-19/h1,3-4,7-10,13H,2,5-6,11-12,14-17H2,(H,25,30). The third-order valence-corrected chi connectivity index (χ3v) is 6.72. The Morgan fingerprint density at radius 3 is 2.67 bits per heavy atom. The molecule has 1 aromatic heterocycles. The molecule has 172 valence electrons. The van der Waals surface area contributed by atoms with Crippen molar-refractivity contribution in [3.05, 3.63) is 59.9 Å². The molecule has 0 bridgehead atoms. The minimum absolute atomic E-state index is 0.0575. The van der Waals surface area contributed by atoms with Gasteiger partial charge in [0.1, 0.15) is 0 Å². The molecule has 0 saturated carbocycles. The molecule has 0 atom stereocenters. The van der Waals surface area contributed by atoms with Gasteiger partial charge in [-0.25, -0.2) is 0 Å². The van der Waals surface area contributed by atoms with Crippen LogP contribution in [0.5, 0.6) is 11.5 Å². The molecule has 2 aliphatic rings. The summed E-state index contributed by atoms with van der Waals surface area (Å²) in [5.41, 5.74) is 1.98. The highest BCUT2D eigenvalue weighted by Gasteiger charge is 2.19. The number of aromatic nitrogens is 3. The smallest absolute Gasteiger partial charge is 0.231 e. The van der Waals surface area contributed by atoms with Crippen molar-refractivity contribution in [1.82, 2.24) is 25.0 Å². The van der Waals surface area contributed by atoms with Crippen LogP contribution in [0.1, 0.15) is 30.7 Å². The Balaban J connectivity index is 1.23. The summed E-state index contributed by atoms with van der Waals surface area (Å²) >= 11 is 1.40. The van der Waals surface area contributed by atoms with Gasteiger partial charge in [-0.3, -0.25) is 14.3 Å². The number of para-hydroxylation sites is 1. The van der Waals surface area contributed by atoms with Crippen LogP contribution < -0.4 is 14.8 Å². The molecule has 0 spiro atoms. The van der Waals surface area contributed by atoms with Gasteiger partial charge in [-0.05, 0) is 55.8 Å². The lowest BCUT2D eigenvalue weighted by molar-refractivity contribution is -0.118. The summed E-state index contributed by atoms with van der Waals surface area (Å²) in [6, 6.07) is 15.8. The van der Waals surface area contributed by atoms with Crippen molar-refractivity contribution < 1.29 is 14.3 Å². The third-order valence-electron chi connectivity index (χ3n) is 5.79. The molecule has 0 aliphatic carbocycles. The molecule has 1 amide bonds. The van der Waals surface area contributed by atoms with E-state index in [9.17, 15) is 4.79 Å². The van der Waals surface area contributed by atoms with Gasteiger partial charge in [-0.15, -0.1) is 10.2 Å². The van der Waals surface area contributed by atoms with Gasteiger partial charge in [0, 0.05) is 12.2 Å². The zero-order valence-electron chi connectivity index (χ0n) is 18.4. The Morgan fingerprint density at radius 1 is 1.00 bits per heavy atom. The number of carbonyl (C=O) groups is 1. The molecule has 2 aromatic carbocycles. The van der Waals surface area contributed by atoms with Crippen molar-refractivity contribution >= 4 is 17.7 Å². The normalized spacial score (nSPS) is 15.5. The maximum absolute atomic E-state index is 12.5. The maximum Gasteiger partial charge on any atom is 0.231 e. The number of hydrogen-bond donors (Lipinski definition) is 1. The van der Waals surface area contributed by atoms with Crippen molar-refractivity contribution in [2.45, 2.75) is 37.5 Å². The quantitative estimate of drug-likeness (QED) is 0.511. The molecule has 9 heteroatoms. The first kappa shape index (κ1) is 21.8. The Bertz CT molecular complexity index is 1100. The SMILES string of the molecule is O=C(CSc1nnc(CN2CCCCC2)n1-c1ccccc1)NCc1ccc2c(c1)OCO2. The fraction of sp³-hybridized carbons (Fsp3) is 0.375. The van der Waals surface area contributed by atoms with Crippen molar-refractivity contribution in [2.75, 3.05) is 25.6 Å². The van der Waals surface area contributed by atoms with E-state index >= 15 is 0 Å². The molecule has 0 radical (unpaired) electrons. The number of piperidine rings is 1. The fourth-order valence-electron chi connectivity index (χ4n) is 4.08. The molecule has 33 heavy (non-hydrogen) atoms. The van der Waals surface area contributed by atoms with E-state index in [0.717, 1.165) is 47.6 Å². The number of nitrogens with one attached hydrogen (secondary N) is 1. The number of ether oxygens (including phenoxy) is 2. The van der Waals surface area contributed by atoms with Crippen LogP contribution >= 0.6 is 11.8 Å². The van der Waals surface area contributed by atoms with Gasteiger partial charge in [0.2, 0.25) is 12.7 Å². The summed E-state index contributed by atoms with van der Waals surface area (Å²) in [5.74, 6) is 2.57. The number of amides is 1. The molecule has 0 unspecified atom stereocenters. The zero-order chi connectivity index (χ0) is 22.5. The number of thioether (sulfide) groups is 1. The topological polar surface area (TPSA) is 81.5 Å². The zero-order valence-corrected chi connectivity index (χ0v) is 19.2. The van der Waals surface area contributed by atoms with Crippen LogP contribution in [0.15, 0.2) is 53.7 Å². The van der Waals surface area contributed by atoms with Crippen molar-refractivity contribution in [1.29, 1.82) is 0 Å². The van der Waals surface area contributed by atoms with E-state index < -0.39 is 0 Å². The number of benzene rings is 2. The molecule has 3 aromatic rings. The number of nitrogens with zero attached hydrogens (tertiary/aromatic N) is 4. The summed E-state index contributed by atoms with van der Waals surface area (Å²) in [6.07, 6.45) is 3.75. The second-order valence-corrected chi connectivity index (χ2v) is 9.10. The highest BCUT2D eigenvalue weighted by atomic mass is 32.2. The molecule has 1 fully saturated rings. The van der Waals surface area contributed by atoms with E-state index in [1.165, 1.54) is 31.0 Å². The number of carbonyl (C=O) groups excluding carboxylic acids is 1. The summed E-state index contributed by atoms with van der Waals surface area (Å²) in [6.45, 7) is 3.61. The van der Waals surface area contributed by atoms with Gasteiger partial charge in [0.15, 0.2) is 22.5 Å². The van der Waals surface area contributed by atoms with Crippen LogP contribution in [-0.2, 0) is 17.9 Å². The van der Waals surface area contributed by atoms with Crippen molar-refractivity contribution in [2.24, 2.45) is 0 Å². The molecular weight excluding hydrogens is 438 g/mol. The lowest BCUT2D eigenvalue weighted by Crippen LogP contribution is -2.30. The lowest BCUT2D eigenvalue weighted by atomic mass is 10.1. The van der Waals surface area contributed by atoms with Gasteiger partial charge in [-0.1, -0.05) is 42.4 Å². The molecule has 1 N–H and O–H groups in total. The maximum atomic E-state index is 12.5. The molecular formula is C24H27N5O3S. The minimum Gasteiger partial charge on any atom is -0.454 e. The molecule has 1 saturated heterocycles. The van der Waals surface area contributed by atoms with Gasteiger partial charge >= 0.3 is 0 Å². The van der Waals surface area contributed by atoms with Gasteiger partial charge < -0.3 is 14.8 Å². The minimum atomic E-state index is -0.0575. The predicted octanol–water partition coefficient (Wildman–Crippen LogP) is 3.39. The fourth-order valence-corrected chi connectivity index (χ4v) is 4.88. The molecule has 2 aliphatic heterocycles. The van der Waals surface area contributed by atoms with Crippen LogP contribution in [0, 0.1) is 0 Å². The second kappa shape index (κ2) is 10.3. The second-order valence-electron chi connectivity index (χ2n) is 8.16. The first-order chi connectivity index (χ1) is 16.3. The van der Waals surface area contributed by atoms with Crippen LogP contribution in [-0.4, -0.2) is 51.2 Å². The van der Waals surface area contributed by atoms with Crippen LogP contribution in [0.25, 0.3) is 5.69 Å². The Labute approximate surface area is 197 Å². The van der Waals surface area contributed by atoms with E-state index in [2.05, 4.69) is 25.0 Å². The Hall–Kier alpha value is -3.04. The first-order valence-electron chi connectivity index (χ1n) is 11.3. The van der Waals surface area contributed by atoms with Crippen LogP contribution in [0.4, 0.5) is 0 Å². The van der Waals surface area contributed by atoms with Crippen molar-refractivity contribution in [3.8, 4) is 17.2 Å². The molecule has 8 nitrogen and oxygen atoms in total. The number of likely N-dealkylation sites (tertiary alicyclic amines) is 1. The molecule has 5 rings (SSSR count).